The van der Waals surface area contributed by atoms with E-state index in [2.05, 4.69) is 329 Å². The average Bonchev–Trinajstić information content (AvgIpc) is 4.27. The summed E-state index contributed by atoms with van der Waals surface area (Å²) >= 11 is 0. The van der Waals surface area contributed by atoms with Crippen molar-refractivity contribution in [3.8, 4) is 22.3 Å². The van der Waals surface area contributed by atoms with Crippen LogP contribution in [0.5, 0.6) is 0 Å². The van der Waals surface area contributed by atoms with Gasteiger partial charge in [0.05, 0.1) is 11.5 Å². The van der Waals surface area contributed by atoms with Crippen LogP contribution < -0.4 is 19.6 Å². The van der Waals surface area contributed by atoms with E-state index in [-0.39, 0.29) is 6.04 Å². The summed E-state index contributed by atoms with van der Waals surface area (Å²) in [6, 6.07) is 114. The van der Waals surface area contributed by atoms with Crippen molar-refractivity contribution >= 4 is 62.6 Å². The molecule has 0 amide bonds. The Morgan fingerprint density at radius 2 is 0.487 bits per heavy atom. The van der Waals surface area contributed by atoms with Gasteiger partial charge in [0.2, 0.25) is 0 Å². The van der Waals surface area contributed by atoms with Crippen molar-refractivity contribution in [2.24, 2.45) is 0 Å². The topological polar surface area (TPSA) is 13.0 Å². The second-order valence-corrected chi connectivity index (χ2v) is 20.4. The Balaban J connectivity index is 1.06. The van der Waals surface area contributed by atoms with Gasteiger partial charge in [-0.2, -0.15) is 0 Å². The van der Waals surface area contributed by atoms with Gasteiger partial charge in [0.15, 0.2) is 0 Å². The third kappa shape index (κ3) is 7.22. The number of hydrogen-bond acceptors (Lipinski definition) is 4. The molecule has 12 aromatic rings. The van der Waals surface area contributed by atoms with Crippen LogP contribution in [0.2, 0.25) is 0 Å². The maximum absolute atomic E-state index is 2.56. The van der Waals surface area contributed by atoms with E-state index >= 15 is 0 Å². The number of anilines is 11. The minimum absolute atomic E-state index is 0.0107. The zero-order valence-electron chi connectivity index (χ0n) is 42.8. The van der Waals surface area contributed by atoms with E-state index in [1.807, 2.05) is 0 Å². The molecule has 4 nitrogen and oxygen atoms in total. The van der Waals surface area contributed by atoms with Gasteiger partial charge in [0.25, 0.3) is 0 Å². The summed E-state index contributed by atoms with van der Waals surface area (Å²) in [5.41, 5.74) is 24.3. The van der Waals surface area contributed by atoms with Crippen molar-refractivity contribution in [2.45, 2.75) is 11.5 Å². The summed E-state index contributed by atoms with van der Waals surface area (Å²) in [5, 5.41) is 0. The molecule has 1 unspecified atom stereocenters. The number of benzene rings is 12. The van der Waals surface area contributed by atoms with Gasteiger partial charge in [-0.1, -0.05) is 176 Å². The van der Waals surface area contributed by atoms with Gasteiger partial charge in [-0.05, 0) is 189 Å². The van der Waals surface area contributed by atoms with Gasteiger partial charge >= 0.3 is 0 Å². The molecule has 12 aromatic carbocycles. The van der Waals surface area contributed by atoms with Crippen LogP contribution >= 0.6 is 0 Å². The molecular weight excluding hydrogens is 945 g/mol. The summed E-state index contributed by atoms with van der Waals surface area (Å²) < 4.78 is 0. The van der Waals surface area contributed by atoms with Crippen LogP contribution in [0.4, 0.5) is 62.6 Å². The summed E-state index contributed by atoms with van der Waals surface area (Å²) in [4.78, 5) is 9.81. The molecule has 3 aliphatic rings. The van der Waals surface area contributed by atoms with Gasteiger partial charge in [0, 0.05) is 62.6 Å². The van der Waals surface area contributed by atoms with Crippen molar-refractivity contribution in [1.82, 2.24) is 0 Å². The predicted octanol–water partition coefficient (Wildman–Crippen LogP) is 19.7. The van der Waals surface area contributed by atoms with Crippen LogP contribution in [0.1, 0.15) is 39.4 Å². The van der Waals surface area contributed by atoms with Crippen molar-refractivity contribution in [1.29, 1.82) is 0 Å². The lowest BCUT2D eigenvalue weighted by molar-refractivity contribution is 0.784. The summed E-state index contributed by atoms with van der Waals surface area (Å²) in [7, 11) is 0. The maximum Gasteiger partial charge on any atom is 0.0855 e. The minimum Gasteiger partial charge on any atom is -0.330 e. The lowest BCUT2D eigenvalue weighted by Gasteiger charge is -2.34. The first-order valence-electron chi connectivity index (χ1n) is 27.0. The number of rotatable bonds is 12. The molecule has 0 saturated carbocycles. The molecule has 0 saturated heterocycles. The first kappa shape index (κ1) is 45.3. The summed E-state index contributed by atoms with van der Waals surface area (Å²) in [6.45, 7) is 0. The zero-order valence-corrected chi connectivity index (χ0v) is 42.8. The van der Waals surface area contributed by atoms with Crippen LogP contribution in [-0.4, -0.2) is 0 Å². The van der Waals surface area contributed by atoms with Crippen LogP contribution in [0.3, 0.4) is 0 Å². The first-order valence-corrected chi connectivity index (χ1v) is 27.0. The van der Waals surface area contributed by atoms with E-state index in [1.54, 1.807) is 0 Å². The van der Waals surface area contributed by atoms with Crippen LogP contribution in [0.25, 0.3) is 22.3 Å². The van der Waals surface area contributed by atoms with Gasteiger partial charge in [-0.25, -0.2) is 0 Å². The van der Waals surface area contributed by atoms with Crippen molar-refractivity contribution < 1.29 is 0 Å². The normalized spacial score (nSPS) is 13.6. The fourth-order valence-electron chi connectivity index (χ4n) is 12.9. The second kappa shape index (κ2) is 18.6. The minimum atomic E-state index is -0.784. The van der Waals surface area contributed by atoms with Gasteiger partial charge < -0.3 is 19.6 Å². The van der Waals surface area contributed by atoms with E-state index in [0.29, 0.717) is 0 Å². The molecular formula is C74H52N4. The van der Waals surface area contributed by atoms with Crippen LogP contribution in [0.15, 0.2) is 309 Å². The Bertz CT molecular complexity index is 3710. The van der Waals surface area contributed by atoms with Crippen LogP contribution in [0, 0.1) is 0 Å². The van der Waals surface area contributed by atoms with Crippen molar-refractivity contribution in [2.75, 3.05) is 19.6 Å². The second-order valence-electron chi connectivity index (χ2n) is 20.4. The molecule has 0 aromatic heterocycles. The Labute approximate surface area is 456 Å². The van der Waals surface area contributed by atoms with Crippen LogP contribution in [-0.2, 0) is 5.41 Å². The Hall–Kier alpha value is -10.2. The molecule has 1 atom stereocenters. The number of hydrogen-bond donors (Lipinski definition) is 0. The number of fused-ring (bicyclic) bond motifs is 12. The Kier molecular flexibility index (Phi) is 10.8. The molecule has 0 N–H and O–H groups in total. The highest BCUT2D eigenvalue weighted by Crippen LogP contribution is 2.69. The SMILES string of the molecule is c1ccc(N(c2ccccc2)c2ccc3c(c2)C2(c4cc(N(c5ccccc5)c5ccccc5)ccc4-3)c3cc(N(c4ccccc4)c4ccccc4)ccc3-c3ccc4c(c32)C4N(c2ccccc2)c2ccccc2)cc1. The molecule has 0 fully saturated rings. The monoisotopic (exact) mass is 996 g/mol. The van der Waals surface area contributed by atoms with E-state index in [1.165, 1.54) is 55.6 Å². The lowest BCUT2D eigenvalue weighted by Crippen LogP contribution is -2.28. The van der Waals surface area contributed by atoms with E-state index < -0.39 is 5.41 Å². The number of para-hydroxylation sites is 8. The lowest BCUT2D eigenvalue weighted by atomic mass is 9.69. The van der Waals surface area contributed by atoms with Gasteiger partial charge in [0.1, 0.15) is 0 Å². The van der Waals surface area contributed by atoms with Crippen molar-refractivity contribution in [3.63, 3.8) is 0 Å². The summed E-state index contributed by atoms with van der Waals surface area (Å²) in [6.07, 6.45) is 0. The summed E-state index contributed by atoms with van der Waals surface area (Å²) in [5.74, 6) is 0. The third-order valence-electron chi connectivity index (χ3n) is 16.1. The quantitative estimate of drug-likeness (QED) is 0.121. The fraction of sp³-hybridized carbons (Fsp3) is 0.0270. The van der Waals surface area contributed by atoms with E-state index in [9.17, 15) is 0 Å². The molecule has 0 heterocycles. The van der Waals surface area contributed by atoms with E-state index in [4.69, 9.17) is 0 Å². The highest BCUT2D eigenvalue weighted by atomic mass is 15.2. The average molecular weight is 997 g/mol. The van der Waals surface area contributed by atoms with Gasteiger partial charge in [-0.3, -0.25) is 0 Å². The highest BCUT2D eigenvalue weighted by Gasteiger charge is 2.58. The molecule has 78 heavy (non-hydrogen) atoms. The Morgan fingerprint density at radius 3 is 0.782 bits per heavy atom. The van der Waals surface area contributed by atoms with Gasteiger partial charge in [-0.15, -0.1) is 0 Å². The highest BCUT2D eigenvalue weighted by molar-refractivity contribution is 6.01. The first-order chi connectivity index (χ1) is 38.7. The fourth-order valence-corrected chi connectivity index (χ4v) is 12.9. The molecule has 1 spiro atoms. The molecule has 4 heteroatoms. The van der Waals surface area contributed by atoms with Crippen molar-refractivity contribution in [3.05, 3.63) is 343 Å². The zero-order chi connectivity index (χ0) is 51.6. The molecule has 3 aliphatic carbocycles. The number of nitrogens with zero attached hydrogens (tertiary/aromatic N) is 4. The Morgan fingerprint density at radius 1 is 0.231 bits per heavy atom. The molecule has 15 rings (SSSR count). The molecule has 368 valence electrons. The smallest absolute Gasteiger partial charge is 0.0855 e. The standard InChI is InChI=1S/C74H52N4/c1-9-25-52(26-10-1)75(53-27-11-2-12-28-53)60-41-44-63-64-45-42-61(76(54-29-13-3-14-30-54)55-31-15-4-16-32-55)50-69(64)74(68(63)49-60)70-51-62(77(56-33-17-5-18-34-56)57-35-19-6-20-36-57)43-46-65(70)66-47-48-67-71(72(66)74)73(67)78(58-37-21-7-22-38-58)59-39-23-8-24-40-59/h1-51,73H. The predicted molar refractivity (Wildman–Crippen MR) is 324 cm³/mol. The molecule has 0 aliphatic heterocycles. The molecule has 0 radical (unpaired) electrons. The largest absolute Gasteiger partial charge is 0.330 e. The maximum atomic E-state index is 2.56. The van der Waals surface area contributed by atoms with E-state index in [0.717, 1.165) is 62.6 Å². The molecule has 0 bridgehead atoms. The third-order valence-corrected chi connectivity index (χ3v) is 16.1.